The summed E-state index contributed by atoms with van der Waals surface area (Å²) in [6.45, 7) is 8.72. The van der Waals surface area contributed by atoms with Crippen molar-refractivity contribution >= 4 is 5.96 Å². The maximum Gasteiger partial charge on any atom is 0.191 e. The number of hydrogen-bond donors (Lipinski definition) is 2. The molecule has 0 radical (unpaired) electrons. The van der Waals surface area contributed by atoms with Gasteiger partial charge in [-0.1, -0.05) is 12.1 Å². The van der Waals surface area contributed by atoms with Crippen LogP contribution in [0.15, 0.2) is 29.3 Å². The van der Waals surface area contributed by atoms with E-state index in [4.69, 9.17) is 14.2 Å². The van der Waals surface area contributed by atoms with Crippen molar-refractivity contribution in [2.24, 2.45) is 4.99 Å². The van der Waals surface area contributed by atoms with Crippen LogP contribution in [-0.2, 0) is 9.47 Å². The van der Waals surface area contributed by atoms with E-state index in [0.29, 0.717) is 0 Å². The van der Waals surface area contributed by atoms with Gasteiger partial charge >= 0.3 is 0 Å². The van der Waals surface area contributed by atoms with Gasteiger partial charge in [-0.05, 0) is 37.5 Å². The van der Waals surface area contributed by atoms with Gasteiger partial charge in [-0.3, -0.25) is 9.89 Å². The number of hydrogen-bond acceptors (Lipinski definition) is 5. The number of nitrogens with zero attached hydrogens (tertiary/aromatic N) is 2. The van der Waals surface area contributed by atoms with Gasteiger partial charge in [0.1, 0.15) is 5.75 Å². The van der Waals surface area contributed by atoms with E-state index in [1.165, 1.54) is 5.56 Å². The van der Waals surface area contributed by atoms with Crippen LogP contribution < -0.4 is 15.4 Å². The van der Waals surface area contributed by atoms with E-state index in [1.54, 1.807) is 7.11 Å². The Morgan fingerprint density at radius 2 is 1.93 bits per heavy atom. The summed E-state index contributed by atoms with van der Waals surface area (Å²) in [5.74, 6) is 1.71. The first-order chi connectivity index (χ1) is 13.8. The first-order valence-corrected chi connectivity index (χ1v) is 10.3. The van der Waals surface area contributed by atoms with Crippen LogP contribution in [0.3, 0.4) is 0 Å². The van der Waals surface area contributed by atoms with Crippen molar-refractivity contribution in [2.75, 3.05) is 66.8 Å². The van der Waals surface area contributed by atoms with Crippen LogP contribution in [0, 0.1) is 0 Å². The van der Waals surface area contributed by atoms with Crippen LogP contribution in [0.25, 0.3) is 0 Å². The molecule has 1 unspecified atom stereocenters. The number of methoxy groups -OCH3 is 1. The summed E-state index contributed by atoms with van der Waals surface area (Å²) in [6.07, 6.45) is 2.12. The molecule has 0 amide bonds. The predicted molar refractivity (Wildman–Crippen MR) is 113 cm³/mol. The SMILES string of the molecule is CCOCCCCNC(=NC)NCC(c1ccc(OC)cc1)N1CCOCC1. The predicted octanol–water partition coefficient (Wildman–Crippen LogP) is 2.05. The molecule has 0 bridgehead atoms. The molecule has 1 fully saturated rings. The quantitative estimate of drug-likeness (QED) is 0.341. The average molecular weight is 393 g/mol. The molecule has 2 rings (SSSR count). The summed E-state index contributed by atoms with van der Waals surface area (Å²) in [7, 11) is 3.51. The summed E-state index contributed by atoms with van der Waals surface area (Å²) in [5.41, 5.74) is 1.27. The lowest BCUT2D eigenvalue weighted by atomic mass is 10.0. The van der Waals surface area contributed by atoms with Gasteiger partial charge in [0, 0.05) is 46.4 Å². The molecule has 1 saturated heterocycles. The van der Waals surface area contributed by atoms with Crippen molar-refractivity contribution in [2.45, 2.75) is 25.8 Å². The van der Waals surface area contributed by atoms with Gasteiger partial charge < -0.3 is 24.8 Å². The Bertz CT molecular complexity index is 559. The van der Waals surface area contributed by atoms with Crippen LogP contribution in [0.5, 0.6) is 5.75 Å². The standard InChI is InChI=1S/C21H36N4O3/c1-4-27-14-6-5-11-23-21(22-2)24-17-20(25-12-15-28-16-13-25)18-7-9-19(26-3)10-8-18/h7-10,20H,4-6,11-17H2,1-3H3,(H2,22,23,24). The summed E-state index contributed by atoms with van der Waals surface area (Å²) in [5, 5.41) is 6.88. The van der Waals surface area contributed by atoms with Crippen LogP contribution in [0.2, 0.25) is 0 Å². The Hall–Kier alpha value is -1.83. The van der Waals surface area contributed by atoms with E-state index in [2.05, 4.69) is 32.7 Å². The Morgan fingerprint density at radius 1 is 1.18 bits per heavy atom. The van der Waals surface area contributed by atoms with Crippen LogP contribution in [0.4, 0.5) is 0 Å². The normalized spacial score (nSPS) is 16.6. The van der Waals surface area contributed by atoms with Gasteiger partial charge in [0.05, 0.1) is 26.4 Å². The first kappa shape index (κ1) is 22.5. The van der Waals surface area contributed by atoms with E-state index >= 15 is 0 Å². The minimum atomic E-state index is 0.256. The summed E-state index contributed by atoms with van der Waals surface area (Å²) in [4.78, 5) is 6.83. The second kappa shape index (κ2) is 13.4. The van der Waals surface area contributed by atoms with Crippen molar-refractivity contribution in [1.82, 2.24) is 15.5 Å². The summed E-state index contributed by atoms with van der Waals surface area (Å²) >= 11 is 0. The van der Waals surface area contributed by atoms with E-state index in [9.17, 15) is 0 Å². The molecule has 2 N–H and O–H groups in total. The molecule has 1 aliphatic rings. The molecular formula is C21H36N4O3. The third kappa shape index (κ3) is 7.66. The maximum absolute atomic E-state index is 5.53. The molecule has 1 aliphatic heterocycles. The molecule has 0 aliphatic carbocycles. The highest BCUT2D eigenvalue weighted by molar-refractivity contribution is 5.79. The summed E-state index contributed by atoms with van der Waals surface area (Å²) in [6, 6.07) is 8.59. The number of benzene rings is 1. The van der Waals surface area contributed by atoms with Crippen molar-refractivity contribution in [3.63, 3.8) is 0 Å². The van der Waals surface area contributed by atoms with Crippen LogP contribution >= 0.6 is 0 Å². The topological polar surface area (TPSA) is 67.3 Å². The van der Waals surface area contributed by atoms with Gasteiger partial charge in [-0.2, -0.15) is 0 Å². The number of ether oxygens (including phenoxy) is 3. The molecule has 0 aromatic heterocycles. The van der Waals surface area contributed by atoms with Gasteiger partial charge in [0.25, 0.3) is 0 Å². The Kier molecular flexibility index (Phi) is 10.7. The Morgan fingerprint density at radius 3 is 2.57 bits per heavy atom. The van der Waals surface area contributed by atoms with Crippen LogP contribution in [0.1, 0.15) is 31.4 Å². The maximum atomic E-state index is 5.53. The van der Waals surface area contributed by atoms with Gasteiger partial charge in [-0.25, -0.2) is 0 Å². The number of morpholine rings is 1. The van der Waals surface area contributed by atoms with Gasteiger partial charge in [0.2, 0.25) is 0 Å². The Labute approximate surface area is 169 Å². The number of nitrogens with one attached hydrogen (secondary N) is 2. The first-order valence-electron chi connectivity index (χ1n) is 10.3. The zero-order valence-electron chi connectivity index (χ0n) is 17.6. The third-order valence-electron chi connectivity index (χ3n) is 4.89. The van der Waals surface area contributed by atoms with E-state index in [1.807, 2.05) is 26.1 Å². The fraction of sp³-hybridized carbons (Fsp3) is 0.667. The summed E-state index contributed by atoms with van der Waals surface area (Å²) < 4.78 is 16.2. The molecule has 7 heteroatoms. The monoisotopic (exact) mass is 392 g/mol. The van der Waals surface area contributed by atoms with Gasteiger partial charge in [0.15, 0.2) is 5.96 Å². The molecule has 1 atom stereocenters. The lowest BCUT2D eigenvalue weighted by Crippen LogP contribution is -2.46. The van der Waals surface area contributed by atoms with Crippen molar-refractivity contribution in [3.05, 3.63) is 29.8 Å². The van der Waals surface area contributed by atoms with Crippen molar-refractivity contribution < 1.29 is 14.2 Å². The zero-order chi connectivity index (χ0) is 20.0. The zero-order valence-corrected chi connectivity index (χ0v) is 17.6. The molecular weight excluding hydrogens is 356 g/mol. The number of unbranched alkanes of at least 4 members (excludes halogenated alkanes) is 1. The van der Waals surface area contributed by atoms with Crippen molar-refractivity contribution in [3.8, 4) is 5.75 Å². The second-order valence-corrected chi connectivity index (χ2v) is 6.72. The largest absolute Gasteiger partial charge is 0.497 e. The van der Waals surface area contributed by atoms with E-state index < -0.39 is 0 Å². The van der Waals surface area contributed by atoms with E-state index in [-0.39, 0.29) is 6.04 Å². The molecule has 0 spiro atoms. The Balaban J connectivity index is 1.89. The number of rotatable bonds is 11. The molecule has 158 valence electrons. The highest BCUT2D eigenvalue weighted by atomic mass is 16.5. The van der Waals surface area contributed by atoms with Crippen LogP contribution in [-0.4, -0.2) is 77.6 Å². The molecule has 0 saturated carbocycles. The fourth-order valence-electron chi connectivity index (χ4n) is 3.27. The highest BCUT2D eigenvalue weighted by Crippen LogP contribution is 2.23. The second-order valence-electron chi connectivity index (χ2n) is 6.72. The number of aliphatic imine (C=N–C) groups is 1. The smallest absolute Gasteiger partial charge is 0.191 e. The number of guanidine groups is 1. The van der Waals surface area contributed by atoms with Gasteiger partial charge in [-0.15, -0.1) is 0 Å². The fourth-order valence-corrected chi connectivity index (χ4v) is 3.27. The average Bonchev–Trinajstić information content (AvgIpc) is 2.76. The minimum absolute atomic E-state index is 0.256. The lowest BCUT2D eigenvalue weighted by molar-refractivity contribution is 0.0170. The molecule has 7 nitrogen and oxygen atoms in total. The lowest BCUT2D eigenvalue weighted by Gasteiger charge is -2.35. The molecule has 1 aromatic carbocycles. The molecule has 1 heterocycles. The minimum Gasteiger partial charge on any atom is -0.497 e. The third-order valence-corrected chi connectivity index (χ3v) is 4.89. The highest BCUT2D eigenvalue weighted by Gasteiger charge is 2.23. The van der Waals surface area contributed by atoms with E-state index in [0.717, 1.165) is 77.2 Å². The van der Waals surface area contributed by atoms with Crippen molar-refractivity contribution in [1.29, 1.82) is 0 Å². The molecule has 1 aromatic rings. The molecule has 28 heavy (non-hydrogen) atoms.